The van der Waals surface area contributed by atoms with Crippen molar-refractivity contribution < 1.29 is 5.11 Å². The van der Waals surface area contributed by atoms with Crippen molar-refractivity contribution in [2.45, 2.75) is 12.5 Å². The maximum Gasteiger partial charge on any atom is 0.0931 e. The minimum Gasteiger partial charge on any atom is -0.388 e. The van der Waals surface area contributed by atoms with E-state index in [0.717, 1.165) is 14.8 Å². The number of aliphatic hydroxyl groups is 1. The van der Waals surface area contributed by atoms with Gasteiger partial charge in [0, 0.05) is 11.3 Å². The Kier molecular flexibility index (Phi) is 4.06. The molecule has 0 aromatic carbocycles. The van der Waals surface area contributed by atoms with Crippen LogP contribution in [0, 0.1) is 2.88 Å². The van der Waals surface area contributed by atoms with Gasteiger partial charge >= 0.3 is 0 Å². The molecule has 0 amide bonds. The first kappa shape index (κ1) is 11.9. The lowest BCUT2D eigenvalue weighted by molar-refractivity contribution is 0.180. The standard InChI is InChI=1S/C10H8ClIOS2/c11-9-2-1-7(15-9)4-8(13)6-3-10(12)14-5-6/h1-3,5,8,13H,4H2. The topological polar surface area (TPSA) is 20.2 Å². The van der Waals surface area contributed by atoms with Crippen LogP contribution in [0.2, 0.25) is 4.34 Å². The molecule has 1 atom stereocenters. The van der Waals surface area contributed by atoms with Gasteiger partial charge in [0.05, 0.1) is 13.3 Å². The Morgan fingerprint density at radius 1 is 1.47 bits per heavy atom. The normalized spacial score (nSPS) is 13.0. The predicted molar refractivity (Wildman–Crippen MR) is 75.0 cm³/mol. The fourth-order valence-electron chi connectivity index (χ4n) is 1.27. The first-order valence-electron chi connectivity index (χ1n) is 4.31. The third kappa shape index (κ3) is 3.17. The molecule has 5 heteroatoms. The summed E-state index contributed by atoms with van der Waals surface area (Å²) in [7, 11) is 0. The lowest BCUT2D eigenvalue weighted by Crippen LogP contribution is -1.98. The molecule has 2 aromatic heterocycles. The molecule has 0 aliphatic rings. The summed E-state index contributed by atoms with van der Waals surface area (Å²) in [6.45, 7) is 0. The Labute approximate surface area is 115 Å². The molecule has 0 saturated carbocycles. The maximum atomic E-state index is 9.96. The first-order chi connectivity index (χ1) is 7.15. The zero-order chi connectivity index (χ0) is 10.8. The molecule has 0 aliphatic heterocycles. The average Bonchev–Trinajstić information content (AvgIpc) is 2.75. The first-order valence-corrected chi connectivity index (χ1v) is 7.46. The highest BCUT2D eigenvalue weighted by Crippen LogP contribution is 2.28. The molecule has 2 heterocycles. The highest BCUT2D eigenvalue weighted by molar-refractivity contribution is 14.1. The minimum absolute atomic E-state index is 0.417. The fourth-order valence-corrected chi connectivity index (χ4v) is 3.81. The number of hydrogen-bond donors (Lipinski definition) is 1. The Morgan fingerprint density at radius 3 is 2.80 bits per heavy atom. The smallest absolute Gasteiger partial charge is 0.0931 e. The van der Waals surface area contributed by atoms with Gasteiger partial charge in [0.15, 0.2) is 0 Å². The summed E-state index contributed by atoms with van der Waals surface area (Å²) < 4.78 is 1.97. The highest BCUT2D eigenvalue weighted by atomic mass is 127. The summed E-state index contributed by atoms with van der Waals surface area (Å²) in [5.41, 5.74) is 0.994. The minimum atomic E-state index is -0.417. The summed E-state index contributed by atoms with van der Waals surface area (Å²) in [4.78, 5) is 1.12. The van der Waals surface area contributed by atoms with Gasteiger partial charge in [-0.1, -0.05) is 11.6 Å². The maximum absolute atomic E-state index is 9.96. The SMILES string of the molecule is OC(Cc1ccc(Cl)s1)c1csc(I)c1. The summed E-state index contributed by atoms with van der Waals surface area (Å²) in [6.07, 6.45) is 0.226. The van der Waals surface area contributed by atoms with E-state index in [1.54, 1.807) is 11.3 Å². The second-order valence-corrected chi connectivity index (χ2v) is 7.71. The van der Waals surface area contributed by atoms with Gasteiger partial charge in [0.25, 0.3) is 0 Å². The van der Waals surface area contributed by atoms with Crippen LogP contribution in [0.5, 0.6) is 0 Å². The number of hydrogen-bond acceptors (Lipinski definition) is 3. The van der Waals surface area contributed by atoms with Gasteiger partial charge < -0.3 is 5.11 Å². The summed E-state index contributed by atoms with van der Waals surface area (Å²) in [5, 5.41) is 12.0. The van der Waals surface area contributed by atoms with E-state index in [1.165, 1.54) is 14.2 Å². The van der Waals surface area contributed by atoms with Crippen LogP contribution in [0.15, 0.2) is 23.6 Å². The summed E-state index contributed by atoms with van der Waals surface area (Å²) >= 11 is 11.3. The molecule has 1 N–H and O–H groups in total. The third-order valence-corrected chi connectivity index (χ3v) is 5.06. The molecule has 0 saturated heterocycles. The van der Waals surface area contributed by atoms with Gasteiger partial charge in [-0.15, -0.1) is 22.7 Å². The molecule has 2 rings (SSSR count). The van der Waals surface area contributed by atoms with E-state index in [9.17, 15) is 5.11 Å². The number of halogens is 2. The van der Waals surface area contributed by atoms with Crippen LogP contribution in [0.25, 0.3) is 0 Å². The monoisotopic (exact) mass is 370 g/mol. The number of aliphatic hydroxyl groups excluding tert-OH is 1. The molecule has 0 spiro atoms. The van der Waals surface area contributed by atoms with E-state index >= 15 is 0 Å². The molecule has 1 unspecified atom stereocenters. The van der Waals surface area contributed by atoms with E-state index in [0.29, 0.717) is 6.42 Å². The molecule has 0 aliphatic carbocycles. The molecular weight excluding hydrogens is 363 g/mol. The zero-order valence-electron chi connectivity index (χ0n) is 7.61. The van der Waals surface area contributed by atoms with Crippen molar-refractivity contribution >= 4 is 56.9 Å². The van der Waals surface area contributed by atoms with E-state index in [2.05, 4.69) is 22.6 Å². The van der Waals surface area contributed by atoms with Crippen LogP contribution >= 0.6 is 56.9 Å². The number of rotatable bonds is 3. The molecule has 0 fully saturated rings. The Bertz CT molecular complexity index is 452. The van der Waals surface area contributed by atoms with Crippen molar-refractivity contribution in [2.24, 2.45) is 0 Å². The molecule has 80 valence electrons. The second-order valence-electron chi connectivity index (χ2n) is 3.11. The van der Waals surface area contributed by atoms with Crippen molar-refractivity contribution in [1.82, 2.24) is 0 Å². The molecule has 15 heavy (non-hydrogen) atoms. The van der Waals surface area contributed by atoms with Gasteiger partial charge in [-0.2, -0.15) is 0 Å². The highest BCUT2D eigenvalue weighted by Gasteiger charge is 2.11. The Morgan fingerprint density at radius 2 is 2.27 bits per heavy atom. The quantitative estimate of drug-likeness (QED) is 0.797. The fraction of sp³-hybridized carbons (Fsp3) is 0.200. The molecule has 0 radical (unpaired) electrons. The molecule has 2 aromatic rings. The van der Waals surface area contributed by atoms with Crippen molar-refractivity contribution in [3.05, 3.63) is 41.2 Å². The van der Waals surface area contributed by atoms with E-state index in [4.69, 9.17) is 11.6 Å². The zero-order valence-corrected chi connectivity index (χ0v) is 12.2. The second kappa shape index (κ2) is 5.14. The molecular formula is C10H8ClIOS2. The number of thiophene rings is 2. The van der Waals surface area contributed by atoms with Gasteiger partial charge in [0.1, 0.15) is 0 Å². The van der Waals surface area contributed by atoms with Crippen LogP contribution in [0.3, 0.4) is 0 Å². The van der Waals surface area contributed by atoms with Crippen LogP contribution in [-0.4, -0.2) is 5.11 Å². The van der Waals surface area contributed by atoms with Crippen LogP contribution in [-0.2, 0) is 6.42 Å². The van der Waals surface area contributed by atoms with E-state index in [1.807, 2.05) is 23.6 Å². The van der Waals surface area contributed by atoms with E-state index < -0.39 is 6.10 Å². The molecule has 1 nitrogen and oxygen atoms in total. The van der Waals surface area contributed by atoms with Crippen molar-refractivity contribution in [2.75, 3.05) is 0 Å². The van der Waals surface area contributed by atoms with Crippen molar-refractivity contribution in [3.63, 3.8) is 0 Å². The summed E-state index contributed by atoms with van der Waals surface area (Å²) in [5.74, 6) is 0. The van der Waals surface area contributed by atoms with Crippen LogP contribution < -0.4 is 0 Å². The predicted octanol–water partition coefficient (Wildman–Crippen LogP) is 4.34. The summed E-state index contributed by atoms with van der Waals surface area (Å²) in [6, 6.07) is 5.85. The average molecular weight is 371 g/mol. The Hall–Kier alpha value is 0.380. The van der Waals surface area contributed by atoms with Crippen molar-refractivity contribution in [1.29, 1.82) is 0 Å². The molecule has 0 bridgehead atoms. The lowest BCUT2D eigenvalue weighted by atomic mass is 10.1. The third-order valence-electron chi connectivity index (χ3n) is 2.00. The van der Waals surface area contributed by atoms with Gasteiger partial charge in [0.2, 0.25) is 0 Å². The van der Waals surface area contributed by atoms with Crippen molar-refractivity contribution in [3.8, 4) is 0 Å². The largest absolute Gasteiger partial charge is 0.388 e. The van der Waals surface area contributed by atoms with E-state index in [-0.39, 0.29) is 0 Å². The van der Waals surface area contributed by atoms with Gasteiger partial charge in [-0.3, -0.25) is 0 Å². The van der Waals surface area contributed by atoms with Crippen LogP contribution in [0.1, 0.15) is 16.5 Å². The van der Waals surface area contributed by atoms with Gasteiger partial charge in [-0.25, -0.2) is 0 Å². The van der Waals surface area contributed by atoms with Gasteiger partial charge in [-0.05, 0) is 51.7 Å². The Balaban J connectivity index is 2.06. The lowest BCUT2D eigenvalue weighted by Gasteiger charge is -2.06. The van der Waals surface area contributed by atoms with Crippen LogP contribution in [0.4, 0.5) is 0 Å².